The quantitative estimate of drug-likeness (QED) is 0.583. The van der Waals surface area contributed by atoms with Crippen LogP contribution in [0.1, 0.15) is 44.9 Å². The van der Waals surface area contributed by atoms with Gasteiger partial charge in [-0.15, -0.1) is 0 Å². The van der Waals surface area contributed by atoms with Crippen molar-refractivity contribution in [2.24, 2.45) is 26.9 Å². The molecule has 1 saturated heterocycles. The zero-order valence-electron chi connectivity index (χ0n) is 20.5. The van der Waals surface area contributed by atoms with E-state index in [1.165, 1.54) is 16.9 Å². The molecule has 1 fully saturated rings. The van der Waals surface area contributed by atoms with Gasteiger partial charge in [0.15, 0.2) is 0 Å². The molecule has 2 N–H and O–H groups in total. The van der Waals surface area contributed by atoms with E-state index in [1.54, 1.807) is 5.01 Å². The normalized spacial score (nSPS) is 31.4. The first-order valence-electron chi connectivity index (χ1n) is 12.9. The molecule has 4 heterocycles. The lowest BCUT2D eigenvalue weighted by Gasteiger charge is -2.30. The van der Waals surface area contributed by atoms with Gasteiger partial charge in [-0.05, 0) is 74.6 Å². The van der Waals surface area contributed by atoms with Crippen LogP contribution in [0.5, 0.6) is 0 Å². The highest BCUT2D eigenvalue weighted by atomic mass is 32.2. The van der Waals surface area contributed by atoms with Crippen molar-refractivity contribution in [3.05, 3.63) is 34.9 Å². The van der Waals surface area contributed by atoms with Gasteiger partial charge in [0.2, 0.25) is 0 Å². The molecule has 9 heteroatoms. The van der Waals surface area contributed by atoms with Crippen molar-refractivity contribution in [2.75, 3.05) is 38.2 Å². The van der Waals surface area contributed by atoms with Gasteiger partial charge in [0.25, 0.3) is 0 Å². The molecule has 0 aromatic heterocycles. The zero-order valence-corrected chi connectivity index (χ0v) is 21.4. The first-order chi connectivity index (χ1) is 16.9. The fraction of sp³-hybridized carbons (Fsp3) is 0.615. The van der Waals surface area contributed by atoms with Gasteiger partial charge < -0.3 is 5.32 Å². The summed E-state index contributed by atoms with van der Waals surface area (Å²) in [6, 6.07) is -0.0868. The van der Waals surface area contributed by atoms with E-state index in [0.717, 1.165) is 43.4 Å². The predicted octanol–water partition coefficient (Wildman–Crippen LogP) is 2.95. The van der Waals surface area contributed by atoms with Crippen LogP contribution in [0.4, 0.5) is 0 Å². The van der Waals surface area contributed by atoms with Gasteiger partial charge in [0.05, 0.1) is 42.8 Å². The molecule has 4 aliphatic heterocycles. The van der Waals surface area contributed by atoms with E-state index >= 15 is 0 Å². The number of amidine groups is 1. The Kier molecular flexibility index (Phi) is 7.16. The lowest BCUT2D eigenvalue weighted by atomic mass is 9.86. The van der Waals surface area contributed by atoms with Gasteiger partial charge in [-0.3, -0.25) is 15.4 Å². The second-order valence-corrected chi connectivity index (χ2v) is 12.4. The molecule has 0 aromatic rings. The summed E-state index contributed by atoms with van der Waals surface area (Å²) in [5.41, 5.74) is 6.05. The number of sulfone groups is 1. The van der Waals surface area contributed by atoms with Crippen molar-refractivity contribution in [1.82, 2.24) is 10.3 Å². The number of hydrogen-bond donors (Lipinski definition) is 2. The first kappa shape index (κ1) is 24.3. The van der Waals surface area contributed by atoms with E-state index in [4.69, 9.17) is 15.4 Å². The molecule has 35 heavy (non-hydrogen) atoms. The molecule has 0 aromatic carbocycles. The Morgan fingerprint density at radius 1 is 1.17 bits per heavy atom. The third kappa shape index (κ3) is 5.26. The minimum Gasteiger partial charge on any atom is -0.319 e. The lowest BCUT2D eigenvalue weighted by molar-refractivity contribution is 0.403. The molecule has 8 nitrogen and oxygen atoms in total. The Morgan fingerprint density at radius 2 is 2.00 bits per heavy atom. The van der Waals surface area contributed by atoms with Crippen molar-refractivity contribution >= 4 is 33.3 Å². The molecule has 0 saturated carbocycles. The molecule has 5 aliphatic rings. The van der Waals surface area contributed by atoms with Gasteiger partial charge in [0, 0.05) is 18.0 Å². The van der Waals surface area contributed by atoms with Crippen LogP contribution >= 0.6 is 0 Å². The summed E-state index contributed by atoms with van der Waals surface area (Å²) in [6.07, 6.45) is 15.0. The Hall–Kier alpha value is -2.39. The number of rotatable bonds is 4. The van der Waals surface area contributed by atoms with Crippen molar-refractivity contribution in [2.45, 2.75) is 51.0 Å². The fourth-order valence-electron chi connectivity index (χ4n) is 5.84. The summed E-state index contributed by atoms with van der Waals surface area (Å²) in [5.74, 6) is 0.766. The standard InChI is InChI=1S/C26H36N6O2S/c1-28-15-22-25(19-10-12-35(33,34)13-11-19)31-24-17-32(26(22)27)30-16-21(24)20-8-9-23(29-14-20)18-6-4-2-3-5-7-18/h2-3,6,16,19,22,24,27-28H,4-5,7-15,17H2,1H3/b21-20-,27-26?. The molecule has 2 atom stereocenters. The third-order valence-corrected chi connectivity index (χ3v) is 9.56. The molecule has 0 radical (unpaired) electrons. The minimum absolute atomic E-state index is 0.0868. The summed E-state index contributed by atoms with van der Waals surface area (Å²) in [7, 11) is -1.08. The van der Waals surface area contributed by atoms with E-state index in [-0.39, 0.29) is 29.4 Å². The van der Waals surface area contributed by atoms with Crippen LogP contribution in [0.15, 0.2) is 50.0 Å². The number of nitrogens with one attached hydrogen (secondary N) is 2. The highest BCUT2D eigenvalue weighted by Crippen LogP contribution is 2.32. The lowest BCUT2D eigenvalue weighted by Crippen LogP contribution is -2.44. The largest absolute Gasteiger partial charge is 0.319 e. The summed E-state index contributed by atoms with van der Waals surface area (Å²) >= 11 is 0. The first-order valence-corrected chi connectivity index (χ1v) is 14.7. The number of aliphatic imine (C=N–C) groups is 2. The van der Waals surface area contributed by atoms with Crippen molar-refractivity contribution in [3.63, 3.8) is 0 Å². The van der Waals surface area contributed by atoms with Crippen LogP contribution < -0.4 is 5.32 Å². The Balaban J connectivity index is 1.44. The van der Waals surface area contributed by atoms with Gasteiger partial charge in [-0.1, -0.05) is 18.2 Å². The van der Waals surface area contributed by atoms with Crippen LogP contribution in [0.2, 0.25) is 0 Å². The van der Waals surface area contributed by atoms with Crippen LogP contribution in [0.25, 0.3) is 0 Å². The van der Waals surface area contributed by atoms with Crippen LogP contribution in [0, 0.1) is 17.2 Å². The number of fused-ring (bicyclic) bond motifs is 2. The predicted molar refractivity (Wildman–Crippen MR) is 143 cm³/mol. The van der Waals surface area contributed by atoms with Crippen molar-refractivity contribution < 1.29 is 8.42 Å². The Bertz CT molecular complexity index is 1150. The fourth-order valence-corrected chi connectivity index (χ4v) is 7.33. The number of allylic oxidation sites excluding steroid dienone is 4. The molecule has 2 bridgehead atoms. The maximum absolute atomic E-state index is 12.1. The number of hydrazone groups is 1. The van der Waals surface area contributed by atoms with E-state index in [0.29, 0.717) is 38.3 Å². The molecule has 0 spiro atoms. The van der Waals surface area contributed by atoms with E-state index in [1.807, 2.05) is 13.3 Å². The van der Waals surface area contributed by atoms with Gasteiger partial charge in [-0.2, -0.15) is 5.10 Å². The minimum atomic E-state index is -2.96. The van der Waals surface area contributed by atoms with Crippen LogP contribution in [0.3, 0.4) is 0 Å². The summed E-state index contributed by atoms with van der Waals surface area (Å²) in [5, 5.41) is 18.6. The van der Waals surface area contributed by atoms with Gasteiger partial charge in [0.1, 0.15) is 15.7 Å². The third-order valence-electron chi connectivity index (χ3n) is 7.84. The SMILES string of the molecule is CNCC1C(=N)N2CC(N=C1C1CCS(=O)(=O)CC1)/C(=C1/CCC(C3=CCC=CCC3)=NC1)C=N2. The second kappa shape index (κ2) is 10.3. The van der Waals surface area contributed by atoms with E-state index in [2.05, 4.69) is 28.6 Å². The van der Waals surface area contributed by atoms with Gasteiger partial charge >= 0.3 is 0 Å². The molecular formula is C26H36N6O2S. The number of hydrogen-bond acceptors (Lipinski definition) is 7. The average molecular weight is 497 g/mol. The zero-order chi connectivity index (χ0) is 24.4. The molecule has 2 unspecified atom stereocenters. The molecule has 5 rings (SSSR count). The summed E-state index contributed by atoms with van der Waals surface area (Å²) in [4.78, 5) is 10.3. The molecule has 0 amide bonds. The molecule has 1 aliphatic carbocycles. The average Bonchev–Trinajstić information content (AvgIpc) is 3.20. The smallest absolute Gasteiger partial charge is 0.150 e. The summed E-state index contributed by atoms with van der Waals surface area (Å²) < 4.78 is 24.1. The van der Waals surface area contributed by atoms with E-state index < -0.39 is 9.84 Å². The maximum Gasteiger partial charge on any atom is 0.150 e. The van der Waals surface area contributed by atoms with Gasteiger partial charge in [-0.25, -0.2) is 13.4 Å². The topological polar surface area (TPSA) is 110 Å². The van der Waals surface area contributed by atoms with E-state index in [9.17, 15) is 8.42 Å². The van der Waals surface area contributed by atoms with Crippen molar-refractivity contribution in [3.8, 4) is 0 Å². The highest BCUT2D eigenvalue weighted by Gasteiger charge is 2.39. The highest BCUT2D eigenvalue weighted by molar-refractivity contribution is 7.91. The van der Waals surface area contributed by atoms with Crippen molar-refractivity contribution in [1.29, 1.82) is 5.41 Å². The summed E-state index contributed by atoms with van der Waals surface area (Å²) in [6.45, 7) is 1.85. The Morgan fingerprint density at radius 3 is 2.74 bits per heavy atom. The molecule has 188 valence electrons. The van der Waals surface area contributed by atoms with Crippen LogP contribution in [-0.2, 0) is 9.84 Å². The van der Waals surface area contributed by atoms with Crippen LogP contribution in [-0.4, -0.2) is 81.1 Å². The molecular weight excluding hydrogens is 460 g/mol. The Labute approximate surface area is 208 Å². The second-order valence-electron chi connectivity index (χ2n) is 10.1. The maximum atomic E-state index is 12.1. The monoisotopic (exact) mass is 496 g/mol. The number of nitrogens with zero attached hydrogens (tertiary/aromatic N) is 4.